The number of aryl methyl sites for hydroxylation is 1. The molecule has 3 aromatic carbocycles. The molecule has 0 radical (unpaired) electrons. The molecule has 0 amide bonds. The summed E-state index contributed by atoms with van der Waals surface area (Å²) in [6.07, 6.45) is 7.92. The fourth-order valence-corrected chi connectivity index (χ4v) is 5.03. The maximum atomic E-state index is 10.1. The Bertz CT molecular complexity index is 1180. The normalized spacial score (nSPS) is 15.8. The van der Waals surface area contributed by atoms with Crippen LogP contribution in [0, 0.1) is 0 Å². The van der Waals surface area contributed by atoms with Gasteiger partial charge in [0.2, 0.25) is 0 Å². The molecule has 0 unspecified atom stereocenters. The number of aromatic hydroxyl groups is 2. The molecule has 3 N–H and O–H groups in total. The molecule has 1 saturated heterocycles. The number of ether oxygens (including phenoxy) is 1. The predicted octanol–water partition coefficient (Wildman–Crippen LogP) is 6.06. The van der Waals surface area contributed by atoms with Gasteiger partial charge in [0, 0.05) is 30.4 Å². The molecule has 0 aromatic heterocycles. The molecule has 0 bridgehead atoms. The summed E-state index contributed by atoms with van der Waals surface area (Å²) in [7, 11) is 0. The second-order valence-electron chi connectivity index (χ2n) is 9.53. The number of nitrogens with zero attached hydrogens (tertiary/aromatic N) is 1. The molecule has 5 nitrogen and oxygen atoms in total. The van der Waals surface area contributed by atoms with E-state index in [1.165, 1.54) is 43.5 Å². The summed E-state index contributed by atoms with van der Waals surface area (Å²) in [5.41, 5.74) is 6.70. The van der Waals surface area contributed by atoms with Crippen molar-refractivity contribution in [2.75, 3.05) is 31.6 Å². The molecule has 35 heavy (non-hydrogen) atoms. The Hall–Kier alpha value is -3.44. The van der Waals surface area contributed by atoms with E-state index in [0.717, 1.165) is 54.1 Å². The van der Waals surface area contributed by atoms with Crippen LogP contribution in [0.2, 0.25) is 0 Å². The molecule has 1 heterocycles. The highest BCUT2D eigenvalue weighted by molar-refractivity contribution is 5.89. The molecule has 0 atom stereocenters. The third kappa shape index (κ3) is 5.98. The zero-order valence-corrected chi connectivity index (χ0v) is 20.2. The Morgan fingerprint density at radius 3 is 2.43 bits per heavy atom. The smallest absolute Gasteiger partial charge is 0.119 e. The monoisotopic (exact) mass is 470 g/mol. The fourth-order valence-electron chi connectivity index (χ4n) is 5.03. The van der Waals surface area contributed by atoms with Crippen LogP contribution in [0.3, 0.4) is 0 Å². The fraction of sp³-hybridized carbons (Fsp3) is 0.333. The van der Waals surface area contributed by atoms with Crippen LogP contribution in [0.4, 0.5) is 5.69 Å². The van der Waals surface area contributed by atoms with Crippen LogP contribution in [-0.2, 0) is 13.0 Å². The van der Waals surface area contributed by atoms with Gasteiger partial charge in [0.05, 0.1) is 0 Å². The van der Waals surface area contributed by atoms with E-state index in [9.17, 15) is 10.2 Å². The van der Waals surface area contributed by atoms with Crippen molar-refractivity contribution in [2.45, 2.75) is 38.6 Å². The van der Waals surface area contributed by atoms with Gasteiger partial charge in [-0.1, -0.05) is 30.7 Å². The summed E-state index contributed by atoms with van der Waals surface area (Å²) in [5, 5.41) is 23.4. The van der Waals surface area contributed by atoms with Crippen LogP contribution < -0.4 is 10.1 Å². The average Bonchev–Trinajstić information content (AvgIpc) is 2.89. The standard InChI is InChI=1S/C30H34N2O3/c33-26-9-8-23-18-25(7-6-24(23)19-26)29-13-10-27(34)20-30(29)31-21-22-4-11-28(12-5-22)35-17-16-32-14-2-1-3-15-32/h4-5,8-13,18-20,31,33-34H,1-3,6-7,14-17,21H2. The Kier molecular flexibility index (Phi) is 7.24. The number of phenols is 2. The Balaban J connectivity index is 1.21. The number of hydrogen-bond donors (Lipinski definition) is 3. The number of phenolic OH excluding ortho intramolecular Hbond substituents is 2. The van der Waals surface area contributed by atoms with Crippen molar-refractivity contribution < 1.29 is 14.9 Å². The highest BCUT2D eigenvalue weighted by atomic mass is 16.5. The van der Waals surface area contributed by atoms with Crippen LogP contribution in [0.5, 0.6) is 17.2 Å². The van der Waals surface area contributed by atoms with Gasteiger partial charge < -0.3 is 20.3 Å². The van der Waals surface area contributed by atoms with Gasteiger partial charge >= 0.3 is 0 Å². The summed E-state index contributed by atoms with van der Waals surface area (Å²) in [6, 6.07) is 19.3. The van der Waals surface area contributed by atoms with Gasteiger partial charge in [0.1, 0.15) is 23.9 Å². The number of piperidine rings is 1. The maximum absolute atomic E-state index is 10.1. The Labute approximate surface area is 207 Å². The van der Waals surface area contributed by atoms with E-state index in [2.05, 4.69) is 28.4 Å². The van der Waals surface area contributed by atoms with Crippen molar-refractivity contribution in [1.82, 2.24) is 4.90 Å². The van der Waals surface area contributed by atoms with Gasteiger partial charge in [-0.15, -0.1) is 0 Å². The second-order valence-corrected chi connectivity index (χ2v) is 9.53. The lowest BCUT2D eigenvalue weighted by atomic mass is 9.88. The first-order chi connectivity index (χ1) is 17.1. The Morgan fingerprint density at radius 1 is 0.829 bits per heavy atom. The maximum Gasteiger partial charge on any atom is 0.119 e. The van der Waals surface area contributed by atoms with Crippen molar-refractivity contribution >= 4 is 17.3 Å². The molecule has 5 rings (SSSR count). The molecule has 182 valence electrons. The Morgan fingerprint density at radius 2 is 1.60 bits per heavy atom. The number of rotatable bonds is 8. The lowest BCUT2D eigenvalue weighted by Gasteiger charge is -2.26. The molecule has 1 fully saturated rings. The minimum absolute atomic E-state index is 0.246. The van der Waals surface area contributed by atoms with Crippen molar-refractivity contribution in [3.05, 3.63) is 82.9 Å². The highest BCUT2D eigenvalue weighted by Gasteiger charge is 2.16. The van der Waals surface area contributed by atoms with E-state index in [0.29, 0.717) is 12.3 Å². The topological polar surface area (TPSA) is 65.0 Å². The van der Waals surface area contributed by atoms with Gasteiger partial charge in [0.25, 0.3) is 0 Å². The zero-order valence-electron chi connectivity index (χ0n) is 20.2. The SMILES string of the molecule is Oc1ccc2c(c1)CCC(c1ccc(O)cc1NCc1ccc(OCCN3CCCCC3)cc1)=C2. The summed E-state index contributed by atoms with van der Waals surface area (Å²) >= 11 is 0. The highest BCUT2D eigenvalue weighted by Crippen LogP contribution is 2.36. The zero-order chi connectivity index (χ0) is 24.0. The van der Waals surface area contributed by atoms with E-state index in [4.69, 9.17) is 4.74 Å². The number of anilines is 1. The van der Waals surface area contributed by atoms with Gasteiger partial charge in [-0.3, -0.25) is 4.90 Å². The van der Waals surface area contributed by atoms with E-state index in [-0.39, 0.29) is 5.75 Å². The summed E-state index contributed by atoms with van der Waals surface area (Å²) < 4.78 is 5.96. The third-order valence-electron chi connectivity index (χ3n) is 7.00. The molecule has 0 saturated carbocycles. The van der Waals surface area contributed by atoms with Gasteiger partial charge in [-0.25, -0.2) is 0 Å². The molecule has 5 heteroatoms. The largest absolute Gasteiger partial charge is 0.508 e. The average molecular weight is 471 g/mol. The van der Waals surface area contributed by atoms with E-state index in [1.54, 1.807) is 18.2 Å². The minimum Gasteiger partial charge on any atom is -0.508 e. The molecule has 2 aliphatic rings. The van der Waals surface area contributed by atoms with E-state index >= 15 is 0 Å². The second kappa shape index (κ2) is 10.9. The first kappa shape index (κ1) is 23.3. The van der Waals surface area contributed by atoms with Crippen LogP contribution >= 0.6 is 0 Å². The van der Waals surface area contributed by atoms with Crippen LogP contribution in [0.15, 0.2) is 60.7 Å². The summed E-state index contributed by atoms with van der Waals surface area (Å²) in [4.78, 5) is 2.48. The van der Waals surface area contributed by atoms with Gasteiger partial charge in [0.15, 0.2) is 0 Å². The number of fused-ring (bicyclic) bond motifs is 1. The molecular weight excluding hydrogens is 436 g/mol. The molecule has 1 aliphatic carbocycles. The third-order valence-corrected chi connectivity index (χ3v) is 7.00. The van der Waals surface area contributed by atoms with Crippen molar-refractivity contribution in [3.8, 4) is 17.2 Å². The van der Waals surface area contributed by atoms with Crippen molar-refractivity contribution in [2.24, 2.45) is 0 Å². The van der Waals surface area contributed by atoms with Crippen LogP contribution in [0.25, 0.3) is 11.6 Å². The number of likely N-dealkylation sites (tertiary alicyclic amines) is 1. The lowest BCUT2D eigenvalue weighted by Crippen LogP contribution is -2.33. The molecule has 0 spiro atoms. The number of nitrogens with one attached hydrogen (secondary N) is 1. The van der Waals surface area contributed by atoms with E-state index in [1.807, 2.05) is 30.3 Å². The van der Waals surface area contributed by atoms with Gasteiger partial charge in [-0.05, 0) is 97.4 Å². The minimum atomic E-state index is 0.246. The van der Waals surface area contributed by atoms with Crippen LogP contribution in [0.1, 0.15) is 47.9 Å². The summed E-state index contributed by atoms with van der Waals surface area (Å²) in [6.45, 7) is 4.76. The molecular formula is C30H34N2O3. The van der Waals surface area contributed by atoms with Crippen molar-refractivity contribution in [1.29, 1.82) is 0 Å². The predicted molar refractivity (Wildman–Crippen MR) is 142 cm³/mol. The lowest BCUT2D eigenvalue weighted by molar-refractivity contribution is 0.183. The van der Waals surface area contributed by atoms with E-state index < -0.39 is 0 Å². The number of allylic oxidation sites excluding steroid dienone is 1. The number of hydrogen-bond acceptors (Lipinski definition) is 5. The first-order valence-corrected chi connectivity index (χ1v) is 12.7. The van der Waals surface area contributed by atoms with Crippen LogP contribution in [-0.4, -0.2) is 41.4 Å². The molecule has 1 aliphatic heterocycles. The number of benzene rings is 3. The van der Waals surface area contributed by atoms with Gasteiger partial charge in [-0.2, -0.15) is 0 Å². The first-order valence-electron chi connectivity index (χ1n) is 12.7. The quantitative estimate of drug-likeness (QED) is 0.373. The van der Waals surface area contributed by atoms with Crippen molar-refractivity contribution in [3.63, 3.8) is 0 Å². The molecule has 3 aromatic rings. The summed E-state index contributed by atoms with van der Waals surface area (Å²) in [5.74, 6) is 1.46.